The minimum Gasteiger partial charge on any atom is -0.389 e. The van der Waals surface area contributed by atoms with Gasteiger partial charge < -0.3 is 20.4 Å². The Morgan fingerprint density at radius 3 is 2.12 bits per heavy atom. The number of aliphatic hydroxyl groups is 4. The van der Waals surface area contributed by atoms with E-state index in [4.69, 9.17) is 0 Å². The lowest BCUT2D eigenvalue weighted by molar-refractivity contribution is -0.201. The highest BCUT2D eigenvalue weighted by Gasteiger charge is 2.71. The molecule has 0 bridgehead atoms. The van der Waals surface area contributed by atoms with Crippen LogP contribution in [0.25, 0.3) is 0 Å². The Morgan fingerprint density at radius 1 is 0.958 bits per heavy atom. The monoisotopic (exact) mass is 338 g/mol. The summed E-state index contributed by atoms with van der Waals surface area (Å²) in [6.07, 6.45) is 3.26. The van der Waals surface area contributed by atoms with Crippen LogP contribution in [0.1, 0.15) is 72.6 Å². The van der Waals surface area contributed by atoms with Crippen LogP contribution < -0.4 is 0 Å². The lowest BCUT2D eigenvalue weighted by atomic mass is 9.57. The van der Waals surface area contributed by atoms with Crippen molar-refractivity contribution >= 4 is 0 Å². The number of rotatable bonds is 1. The summed E-state index contributed by atoms with van der Waals surface area (Å²) < 4.78 is 0. The molecule has 4 nitrogen and oxygen atoms in total. The summed E-state index contributed by atoms with van der Waals surface area (Å²) >= 11 is 0. The quantitative estimate of drug-likeness (QED) is 0.554. The Balaban J connectivity index is 2.11. The maximum atomic E-state index is 11.7. The van der Waals surface area contributed by atoms with Crippen LogP contribution in [0, 0.1) is 16.7 Å². The Morgan fingerprint density at radius 2 is 1.54 bits per heavy atom. The second-order valence-electron chi connectivity index (χ2n) is 9.68. The molecule has 0 saturated heterocycles. The third kappa shape index (κ3) is 1.94. The molecule has 0 aromatic heterocycles. The van der Waals surface area contributed by atoms with Gasteiger partial charge in [-0.05, 0) is 56.4 Å². The first-order valence-corrected chi connectivity index (χ1v) is 9.40. The van der Waals surface area contributed by atoms with Crippen LogP contribution in [0.2, 0.25) is 0 Å². The van der Waals surface area contributed by atoms with Crippen molar-refractivity contribution in [1.82, 2.24) is 0 Å². The van der Waals surface area contributed by atoms with Crippen LogP contribution >= 0.6 is 0 Å². The average Bonchev–Trinajstić information content (AvgIpc) is 2.66. The Kier molecular flexibility index (Phi) is 3.87. The molecule has 24 heavy (non-hydrogen) atoms. The maximum Gasteiger partial charge on any atom is 0.0990 e. The van der Waals surface area contributed by atoms with E-state index in [1.165, 1.54) is 0 Å². The lowest BCUT2D eigenvalue weighted by Crippen LogP contribution is -2.60. The number of hydrogen-bond acceptors (Lipinski definition) is 4. The fourth-order valence-corrected chi connectivity index (χ4v) is 6.10. The van der Waals surface area contributed by atoms with Gasteiger partial charge in [0.15, 0.2) is 0 Å². The average molecular weight is 338 g/mol. The number of fused-ring (bicyclic) bond motifs is 2. The second kappa shape index (κ2) is 5.06. The van der Waals surface area contributed by atoms with Gasteiger partial charge in [0, 0.05) is 10.8 Å². The predicted octanol–water partition coefficient (Wildman–Crippen LogP) is 2.54. The third-order valence-electron chi connectivity index (χ3n) is 8.31. The molecule has 3 unspecified atom stereocenters. The van der Waals surface area contributed by atoms with Gasteiger partial charge in [-0.1, -0.05) is 34.3 Å². The molecule has 3 aliphatic rings. The Bertz CT molecular complexity index is 560. The zero-order chi connectivity index (χ0) is 18.2. The van der Waals surface area contributed by atoms with E-state index in [-0.39, 0.29) is 5.92 Å². The topological polar surface area (TPSA) is 80.9 Å². The molecule has 4 heteroatoms. The van der Waals surface area contributed by atoms with Crippen molar-refractivity contribution in [3.05, 3.63) is 12.2 Å². The first kappa shape index (κ1) is 18.4. The first-order chi connectivity index (χ1) is 10.9. The standard InChI is InChI=1S/C20H34O4/c1-13(2)18(22)10-8-17(5)12-19(23)14(3)15(21)6-7-16(19,4)9-11-20(17,18)24/h13,15,21-24H,3,6-12H2,1-2,4-5H3/t15?,16-,17?,18+,19?,20-/m0/s1. The summed E-state index contributed by atoms with van der Waals surface area (Å²) in [6, 6.07) is 0. The lowest BCUT2D eigenvalue weighted by Gasteiger charge is -2.53. The van der Waals surface area contributed by atoms with Crippen LogP contribution in [0.5, 0.6) is 0 Å². The SMILES string of the molecule is C=C1C(O)CC[C@@]2(C)CC[C@]3(O)C(C)(CC[C@@]3(O)C(C)C)CC12O. The first-order valence-electron chi connectivity index (χ1n) is 9.40. The van der Waals surface area contributed by atoms with Crippen molar-refractivity contribution in [3.63, 3.8) is 0 Å². The van der Waals surface area contributed by atoms with Crippen molar-refractivity contribution in [1.29, 1.82) is 0 Å². The van der Waals surface area contributed by atoms with Gasteiger partial charge in [0.25, 0.3) is 0 Å². The van der Waals surface area contributed by atoms with E-state index in [1.807, 2.05) is 27.7 Å². The minimum absolute atomic E-state index is 0.0549. The summed E-state index contributed by atoms with van der Waals surface area (Å²) in [5.74, 6) is -0.0549. The molecule has 6 atom stereocenters. The summed E-state index contributed by atoms with van der Waals surface area (Å²) in [7, 11) is 0. The zero-order valence-corrected chi connectivity index (χ0v) is 15.6. The van der Waals surface area contributed by atoms with E-state index in [9.17, 15) is 20.4 Å². The van der Waals surface area contributed by atoms with Gasteiger partial charge in [-0.25, -0.2) is 0 Å². The number of hydrogen-bond donors (Lipinski definition) is 4. The van der Waals surface area contributed by atoms with Crippen molar-refractivity contribution in [2.75, 3.05) is 0 Å². The predicted molar refractivity (Wildman–Crippen MR) is 93.4 cm³/mol. The molecule has 3 rings (SSSR count). The van der Waals surface area contributed by atoms with Crippen LogP contribution in [0.4, 0.5) is 0 Å². The molecule has 0 radical (unpaired) electrons. The molecular formula is C20H34O4. The van der Waals surface area contributed by atoms with Gasteiger partial charge >= 0.3 is 0 Å². The second-order valence-corrected chi connectivity index (χ2v) is 9.68. The van der Waals surface area contributed by atoms with Crippen molar-refractivity contribution in [2.24, 2.45) is 16.7 Å². The molecule has 0 spiro atoms. The van der Waals surface area contributed by atoms with E-state index in [1.54, 1.807) is 0 Å². The molecule has 3 fully saturated rings. The zero-order valence-electron chi connectivity index (χ0n) is 15.6. The van der Waals surface area contributed by atoms with E-state index >= 15 is 0 Å². The van der Waals surface area contributed by atoms with E-state index in [2.05, 4.69) is 6.58 Å². The maximum absolute atomic E-state index is 11.7. The Hall–Kier alpha value is -0.420. The van der Waals surface area contributed by atoms with E-state index in [0.29, 0.717) is 50.5 Å². The van der Waals surface area contributed by atoms with Crippen molar-refractivity contribution < 1.29 is 20.4 Å². The molecule has 0 amide bonds. The summed E-state index contributed by atoms with van der Waals surface area (Å²) in [5, 5.41) is 45.0. The van der Waals surface area contributed by atoms with Crippen molar-refractivity contribution in [2.45, 2.75) is 95.5 Å². The van der Waals surface area contributed by atoms with Crippen LogP contribution in [-0.2, 0) is 0 Å². The van der Waals surface area contributed by atoms with Crippen LogP contribution in [0.15, 0.2) is 12.2 Å². The van der Waals surface area contributed by atoms with Gasteiger partial charge in [-0.3, -0.25) is 0 Å². The van der Waals surface area contributed by atoms with Crippen LogP contribution in [-0.4, -0.2) is 43.3 Å². The molecule has 0 aromatic rings. The fraction of sp³-hybridized carbons (Fsp3) is 0.900. The van der Waals surface area contributed by atoms with E-state index in [0.717, 1.165) is 0 Å². The molecule has 0 aromatic carbocycles. The normalized spacial score (nSPS) is 55.2. The molecule has 3 aliphatic carbocycles. The van der Waals surface area contributed by atoms with Gasteiger partial charge in [-0.2, -0.15) is 0 Å². The third-order valence-corrected chi connectivity index (χ3v) is 8.31. The van der Waals surface area contributed by atoms with Gasteiger partial charge in [-0.15, -0.1) is 0 Å². The number of aliphatic hydroxyl groups excluding tert-OH is 1. The molecule has 0 aliphatic heterocycles. The van der Waals surface area contributed by atoms with Gasteiger partial charge in [0.05, 0.1) is 22.9 Å². The molecule has 3 saturated carbocycles. The Labute approximate surface area is 145 Å². The van der Waals surface area contributed by atoms with Gasteiger partial charge in [0.2, 0.25) is 0 Å². The minimum atomic E-state index is -1.23. The highest BCUT2D eigenvalue weighted by atomic mass is 16.4. The highest BCUT2D eigenvalue weighted by molar-refractivity contribution is 5.31. The summed E-state index contributed by atoms with van der Waals surface area (Å²) in [5.41, 5.74) is -4.10. The van der Waals surface area contributed by atoms with E-state index < -0.39 is 33.7 Å². The summed E-state index contributed by atoms with van der Waals surface area (Å²) in [4.78, 5) is 0. The molecular weight excluding hydrogens is 304 g/mol. The molecule has 138 valence electrons. The van der Waals surface area contributed by atoms with Crippen LogP contribution in [0.3, 0.4) is 0 Å². The highest BCUT2D eigenvalue weighted by Crippen LogP contribution is 2.67. The summed E-state index contributed by atoms with van der Waals surface area (Å²) in [6.45, 7) is 12.0. The smallest absolute Gasteiger partial charge is 0.0990 e. The molecule has 0 heterocycles. The largest absolute Gasteiger partial charge is 0.389 e. The fourth-order valence-electron chi connectivity index (χ4n) is 6.10. The molecule has 4 N–H and O–H groups in total. The van der Waals surface area contributed by atoms with Crippen molar-refractivity contribution in [3.8, 4) is 0 Å². The van der Waals surface area contributed by atoms with Gasteiger partial charge in [0.1, 0.15) is 0 Å².